The molecule has 2 unspecified atom stereocenters. The van der Waals surface area contributed by atoms with E-state index >= 15 is 0 Å². The summed E-state index contributed by atoms with van der Waals surface area (Å²) < 4.78 is 33.1. The van der Waals surface area contributed by atoms with Crippen molar-refractivity contribution in [2.75, 3.05) is 5.32 Å². The van der Waals surface area contributed by atoms with E-state index in [9.17, 15) is 4.39 Å². The van der Waals surface area contributed by atoms with E-state index in [-0.39, 0.29) is 29.5 Å². The van der Waals surface area contributed by atoms with E-state index < -0.39 is 5.60 Å². The number of anilines is 1. The summed E-state index contributed by atoms with van der Waals surface area (Å²) in [7, 11) is 0. The van der Waals surface area contributed by atoms with E-state index in [1.54, 1.807) is 12.1 Å². The van der Waals surface area contributed by atoms with E-state index in [4.69, 9.17) is 14.2 Å². The van der Waals surface area contributed by atoms with E-state index in [2.05, 4.69) is 70.3 Å². The first kappa shape index (κ1) is 27.2. The van der Waals surface area contributed by atoms with Gasteiger partial charge in [0.05, 0.1) is 12.7 Å². The number of rotatable bonds is 8. The smallest absolute Gasteiger partial charge is 0.132 e. The van der Waals surface area contributed by atoms with Gasteiger partial charge in [-0.1, -0.05) is 57.2 Å². The molecule has 0 radical (unpaired) electrons. The van der Waals surface area contributed by atoms with Crippen molar-refractivity contribution >= 4 is 5.69 Å². The van der Waals surface area contributed by atoms with Crippen LogP contribution in [0.4, 0.5) is 10.1 Å². The Bertz CT molecular complexity index is 1200. The Labute approximate surface area is 221 Å². The molecule has 5 heteroatoms. The lowest BCUT2D eigenvalue weighted by Gasteiger charge is -2.45. The Morgan fingerprint density at radius 2 is 1.70 bits per heavy atom. The van der Waals surface area contributed by atoms with Crippen molar-refractivity contribution in [3.8, 4) is 5.75 Å². The summed E-state index contributed by atoms with van der Waals surface area (Å²) in [6, 6.07) is 21.3. The van der Waals surface area contributed by atoms with E-state index in [0.717, 1.165) is 28.1 Å². The maximum atomic E-state index is 13.6. The first-order chi connectivity index (χ1) is 17.4. The molecule has 0 saturated carbocycles. The molecule has 0 aromatic heterocycles. The summed E-state index contributed by atoms with van der Waals surface area (Å²) >= 11 is 0. The largest absolute Gasteiger partial charge is 0.485 e. The first-order valence-electron chi connectivity index (χ1n) is 13.1. The van der Waals surface area contributed by atoms with Gasteiger partial charge in [0, 0.05) is 17.8 Å². The molecular formula is C32H40FNO3. The molecule has 3 aromatic rings. The average Bonchev–Trinajstić information content (AvgIpc) is 2.81. The molecule has 0 saturated heterocycles. The summed E-state index contributed by atoms with van der Waals surface area (Å²) in [5.41, 5.74) is 4.68. The second-order valence-corrected chi connectivity index (χ2v) is 11.7. The highest BCUT2D eigenvalue weighted by Gasteiger charge is 2.46. The van der Waals surface area contributed by atoms with Crippen LogP contribution in [0.5, 0.6) is 5.75 Å². The number of hydrogen-bond donors (Lipinski definition) is 1. The molecule has 4 nitrogen and oxygen atoms in total. The highest BCUT2D eigenvalue weighted by atomic mass is 19.1. The SMILES string of the molecule is CC(C)OC1c2cc(NCc3cccc(F)c3)ccc2OC(C)(C)C1OCc1ccc(C(C)(C)C)cc1. The van der Waals surface area contributed by atoms with E-state index in [0.29, 0.717) is 13.2 Å². The number of fused-ring (bicyclic) bond motifs is 1. The molecule has 1 N–H and O–H groups in total. The maximum Gasteiger partial charge on any atom is 0.132 e. The van der Waals surface area contributed by atoms with Crippen LogP contribution in [0.3, 0.4) is 0 Å². The van der Waals surface area contributed by atoms with Crippen LogP contribution in [-0.4, -0.2) is 17.8 Å². The van der Waals surface area contributed by atoms with Crippen LogP contribution in [0.15, 0.2) is 66.7 Å². The molecule has 1 aliphatic heterocycles. The normalized spacial score (nSPS) is 18.8. The van der Waals surface area contributed by atoms with Crippen molar-refractivity contribution in [2.45, 2.75) is 90.9 Å². The summed E-state index contributed by atoms with van der Waals surface area (Å²) in [5.74, 6) is 0.556. The fourth-order valence-corrected chi connectivity index (χ4v) is 4.71. The highest BCUT2D eigenvalue weighted by Crippen LogP contribution is 2.45. The number of halogens is 1. The lowest BCUT2D eigenvalue weighted by atomic mass is 9.86. The molecule has 37 heavy (non-hydrogen) atoms. The molecule has 0 aliphatic carbocycles. The van der Waals surface area contributed by atoms with Gasteiger partial charge in [-0.2, -0.15) is 0 Å². The lowest BCUT2D eigenvalue weighted by molar-refractivity contribution is -0.177. The van der Waals surface area contributed by atoms with Gasteiger partial charge in [-0.25, -0.2) is 4.39 Å². The molecule has 1 aliphatic rings. The molecule has 2 atom stereocenters. The second-order valence-electron chi connectivity index (χ2n) is 11.7. The molecule has 0 bridgehead atoms. The second kappa shape index (κ2) is 10.8. The molecule has 198 valence electrons. The summed E-state index contributed by atoms with van der Waals surface area (Å²) in [5, 5.41) is 3.40. The zero-order valence-corrected chi connectivity index (χ0v) is 23.1. The van der Waals surface area contributed by atoms with Crippen LogP contribution in [0.1, 0.15) is 76.8 Å². The zero-order chi connectivity index (χ0) is 26.8. The van der Waals surface area contributed by atoms with Crippen molar-refractivity contribution < 1.29 is 18.6 Å². The van der Waals surface area contributed by atoms with Crippen LogP contribution in [0, 0.1) is 5.82 Å². The quantitative estimate of drug-likeness (QED) is 0.337. The molecular weight excluding hydrogens is 465 g/mol. The van der Waals surface area contributed by atoms with Gasteiger partial charge >= 0.3 is 0 Å². The molecule has 3 aromatic carbocycles. The maximum absolute atomic E-state index is 13.6. The molecule has 0 spiro atoms. The highest BCUT2D eigenvalue weighted by molar-refractivity contribution is 5.54. The summed E-state index contributed by atoms with van der Waals surface area (Å²) in [6.07, 6.45) is -0.612. The number of hydrogen-bond acceptors (Lipinski definition) is 4. The van der Waals surface area contributed by atoms with Crippen molar-refractivity contribution in [3.05, 3.63) is 94.8 Å². The fourth-order valence-electron chi connectivity index (χ4n) is 4.71. The number of benzene rings is 3. The predicted molar refractivity (Wildman–Crippen MR) is 148 cm³/mol. The Balaban J connectivity index is 1.56. The van der Waals surface area contributed by atoms with Crippen LogP contribution in [0.2, 0.25) is 0 Å². The minimum Gasteiger partial charge on any atom is -0.485 e. The van der Waals surface area contributed by atoms with Gasteiger partial charge in [0.25, 0.3) is 0 Å². The minimum atomic E-state index is -0.589. The minimum absolute atomic E-state index is 0.00725. The van der Waals surface area contributed by atoms with Gasteiger partial charge in [-0.3, -0.25) is 0 Å². The molecule has 4 rings (SSSR count). The van der Waals surface area contributed by atoms with Crippen LogP contribution < -0.4 is 10.1 Å². The topological polar surface area (TPSA) is 39.7 Å². The first-order valence-corrected chi connectivity index (χ1v) is 13.1. The standard InChI is InChI=1S/C32H40FNO3/c1-21(2)36-29-27-18-26(34-19-23-9-8-10-25(33)17-23)15-16-28(27)37-32(6,7)30(29)35-20-22-11-13-24(14-12-22)31(3,4)5/h8-18,21,29-30,34H,19-20H2,1-7H3. The van der Waals surface area contributed by atoms with E-state index in [1.165, 1.54) is 11.6 Å². The van der Waals surface area contributed by atoms with Crippen molar-refractivity contribution in [2.24, 2.45) is 0 Å². The van der Waals surface area contributed by atoms with Gasteiger partial charge in [-0.05, 0) is 80.1 Å². The third-order valence-electron chi connectivity index (χ3n) is 6.70. The van der Waals surface area contributed by atoms with E-state index in [1.807, 2.05) is 32.0 Å². The van der Waals surface area contributed by atoms with Gasteiger partial charge in [0.15, 0.2) is 0 Å². The van der Waals surface area contributed by atoms with Gasteiger partial charge in [0.1, 0.15) is 29.4 Å². The van der Waals surface area contributed by atoms with Crippen LogP contribution >= 0.6 is 0 Å². The monoisotopic (exact) mass is 505 g/mol. The Kier molecular flexibility index (Phi) is 7.96. The van der Waals surface area contributed by atoms with Crippen molar-refractivity contribution in [1.82, 2.24) is 0 Å². The molecule has 0 amide bonds. The van der Waals surface area contributed by atoms with Crippen molar-refractivity contribution in [3.63, 3.8) is 0 Å². The zero-order valence-electron chi connectivity index (χ0n) is 23.1. The van der Waals surface area contributed by atoms with Crippen LogP contribution in [0.25, 0.3) is 0 Å². The number of nitrogens with one attached hydrogen (secondary N) is 1. The van der Waals surface area contributed by atoms with Gasteiger partial charge in [0.2, 0.25) is 0 Å². The average molecular weight is 506 g/mol. The third-order valence-corrected chi connectivity index (χ3v) is 6.70. The van der Waals surface area contributed by atoms with Crippen molar-refractivity contribution in [1.29, 1.82) is 0 Å². The summed E-state index contributed by atoms with van der Waals surface area (Å²) in [6.45, 7) is 15.8. The lowest BCUT2D eigenvalue weighted by Crippen LogP contribution is -2.51. The summed E-state index contributed by atoms with van der Waals surface area (Å²) in [4.78, 5) is 0. The molecule has 0 fully saturated rings. The van der Waals surface area contributed by atoms with Gasteiger partial charge in [-0.15, -0.1) is 0 Å². The van der Waals surface area contributed by atoms with Crippen LogP contribution in [-0.2, 0) is 28.0 Å². The number of ether oxygens (including phenoxy) is 3. The predicted octanol–water partition coefficient (Wildman–Crippen LogP) is 7.96. The Hall–Kier alpha value is -2.89. The Morgan fingerprint density at radius 1 is 0.973 bits per heavy atom. The van der Waals surface area contributed by atoms with Gasteiger partial charge < -0.3 is 19.5 Å². The third kappa shape index (κ3) is 6.71. The fraction of sp³-hybridized carbons (Fsp3) is 0.438. The molecule has 1 heterocycles. The Morgan fingerprint density at radius 3 is 2.35 bits per heavy atom.